The number of nitrogens with one attached hydrogen (secondary N) is 1. The van der Waals surface area contributed by atoms with Gasteiger partial charge in [0.2, 0.25) is 0 Å². The van der Waals surface area contributed by atoms with Crippen molar-refractivity contribution < 1.29 is 4.79 Å². The number of amides is 1. The summed E-state index contributed by atoms with van der Waals surface area (Å²) in [6.07, 6.45) is 2.67. The Morgan fingerprint density at radius 2 is 2.18 bits per heavy atom. The molecule has 0 bridgehead atoms. The van der Waals surface area contributed by atoms with Gasteiger partial charge in [-0.25, -0.2) is 0 Å². The van der Waals surface area contributed by atoms with Crippen LogP contribution in [0.1, 0.15) is 26.7 Å². The van der Waals surface area contributed by atoms with Gasteiger partial charge < -0.3 is 5.32 Å². The highest BCUT2D eigenvalue weighted by Gasteiger charge is 2.11. The number of hydrogen-bond acceptors (Lipinski definition) is 4. The lowest BCUT2D eigenvalue weighted by Crippen LogP contribution is -2.24. The molecule has 1 amide bonds. The Hall–Kier alpha value is -2.15. The minimum absolute atomic E-state index is 0.00118. The zero-order valence-electron chi connectivity index (χ0n) is 13.0. The molecule has 0 radical (unpaired) electrons. The minimum Gasteiger partial charge on any atom is -0.351 e. The molecule has 0 unspecified atom stereocenters. The molecule has 0 saturated heterocycles. The van der Waals surface area contributed by atoms with Gasteiger partial charge >= 0.3 is 0 Å². The van der Waals surface area contributed by atoms with Crippen LogP contribution in [0, 0.1) is 13.8 Å². The van der Waals surface area contributed by atoms with Crippen LogP contribution in [-0.4, -0.2) is 32.0 Å². The van der Waals surface area contributed by atoms with Crippen LogP contribution in [0.4, 0.5) is 0 Å². The topological polar surface area (TPSA) is 64.7 Å². The third kappa shape index (κ3) is 2.76. The highest BCUT2D eigenvalue weighted by molar-refractivity contribution is 7.13. The summed E-state index contributed by atoms with van der Waals surface area (Å²) in [4.78, 5) is 13.9. The molecule has 0 aliphatic rings. The van der Waals surface area contributed by atoms with E-state index in [1.807, 2.05) is 48.6 Å². The molecule has 0 spiro atoms. The Balaban J connectivity index is 1.55. The van der Waals surface area contributed by atoms with Crippen LogP contribution in [0.2, 0.25) is 0 Å². The van der Waals surface area contributed by atoms with Crippen molar-refractivity contribution in [1.82, 2.24) is 24.9 Å². The molecule has 0 saturated carbocycles. The summed E-state index contributed by atoms with van der Waals surface area (Å²) in [5.74, 6) is 0.00118. The Bertz CT molecular complexity index is 813. The first kappa shape index (κ1) is 14.8. The summed E-state index contributed by atoms with van der Waals surface area (Å²) < 4.78 is 3.80. The maximum Gasteiger partial charge on any atom is 0.261 e. The number of aromatic nitrogens is 4. The van der Waals surface area contributed by atoms with Gasteiger partial charge in [-0.3, -0.25) is 14.2 Å². The van der Waals surface area contributed by atoms with Crippen LogP contribution in [0.25, 0.3) is 11.0 Å². The third-order valence-corrected chi connectivity index (χ3v) is 4.61. The van der Waals surface area contributed by atoms with Crippen LogP contribution in [0.15, 0.2) is 18.3 Å². The standard InChI is InChI=1S/C15H19N5OS/c1-10-5-6-13(22-10)15(21)16-7-4-8-20-14-11(2)18-19(3)12(14)9-17-20/h5-6,9H,4,7-8H2,1-3H3,(H,16,21). The maximum atomic E-state index is 12.0. The van der Waals surface area contributed by atoms with Gasteiger partial charge in [0.1, 0.15) is 11.0 Å². The quantitative estimate of drug-likeness (QED) is 0.734. The molecule has 22 heavy (non-hydrogen) atoms. The van der Waals surface area contributed by atoms with E-state index in [2.05, 4.69) is 15.5 Å². The molecule has 3 heterocycles. The summed E-state index contributed by atoms with van der Waals surface area (Å²) in [6.45, 7) is 5.39. The molecule has 0 fully saturated rings. The zero-order chi connectivity index (χ0) is 15.7. The van der Waals surface area contributed by atoms with Gasteiger partial charge in [0.05, 0.1) is 16.8 Å². The zero-order valence-corrected chi connectivity index (χ0v) is 13.8. The normalized spacial score (nSPS) is 11.2. The van der Waals surface area contributed by atoms with E-state index in [4.69, 9.17) is 0 Å². The van der Waals surface area contributed by atoms with Crippen LogP contribution < -0.4 is 5.32 Å². The van der Waals surface area contributed by atoms with Crippen molar-refractivity contribution in [3.63, 3.8) is 0 Å². The summed E-state index contributed by atoms with van der Waals surface area (Å²) in [6, 6.07) is 3.83. The number of hydrogen-bond donors (Lipinski definition) is 1. The SMILES string of the molecule is Cc1ccc(C(=O)NCCCn2ncc3c2c(C)nn3C)s1. The number of nitrogens with zero attached hydrogens (tertiary/aromatic N) is 4. The van der Waals surface area contributed by atoms with Crippen molar-refractivity contribution in [1.29, 1.82) is 0 Å². The summed E-state index contributed by atoms with van der Waals surface area (Å²) in [5, 5.41) is 11.7. The van der Waals surface area contributed by atoms with Crippen LogP contribution >= 0.6 is 11.3 Å². The molecule has 116 valence electrons. The molecule has 0 aliphatic carbocycles. The fourth-order valence-electron chi connectivity index (χ4n) is 2.55. The molecule has 0 aromatic carbocycles. The van der Waals surface area contributed by atoms with Gasteiger partial charge in [-0.15, -0.1) is 11.3 Å². The molecular weight excluding hydrogens is 298 g/mol. The third-order valence-electron chi connectivity index (χ3n) is 3.61. The van der Waals surface area contributed by atoms with Gasteiger partial charge in [-0.2, -0.15) is 10.2 Å². The lowest BCUT2D eigenvalue weighted by Gasteiger charge is -2.05. The van der Waals surface area contributed by atoms with Gasteiger partial charge in [0, 0.05) is 25.0 Å². The van der Waals surface area contributed by atoms with E-state index in [1.54, 1.807) is 0 Å². The minimum atomic E-state index is 0.00118. The fraction of sp³-hybridized carbons (Fsp3) is 0.400. The van der Waals surface area contributed by atoms with E-state index >= 15 is 0 Å². The average molecular weight is 317 g/mol. The predicted octanol–water partition coefficient (Wildman–Crippen LogP) is 2.27. The molecule has 0 atom stereocenters. The Morgan fingerprint density at radius 3 is 2.91 bits per heavy atom. The largest absolute Gasteiger partial charge is 0.351 e. The van der Waals surface area contributed by atoms with Crippen molar-refractivity contribution >= 4 is 28.3 Å². The first-order chi connectivity index (χ1) is 10.6. The van der Waals surface area contributed by atoms with E-state index in [-0.39, 0.29) is 5.91 Å². The lowest BCUT2D eigenvalue weighted by atomic mass is 10.3. The van der Waals surface area contributed by atoms with Crippen LogP contribution in [0.5, 0.6) is 0 Å². The number of carbonyl (C=O) groups is 1. The van der Waals surface area contributed by atoms with E-state index < -0.39 is 0 Å². The van der Waals surface area contributed by atoms with E-state index in [0.717, 1.165) is 39.4 Å². The highest BCUT2D eigenvalue weighted by Crippen LogP contribution is 2.17. The lowest BCUT2D eigenvalue weighted by molar-refractivity contribution is 0.0956. The molecule has 7 heteroatoms. The number of aryl methyl sites for hydroxylation is 4. The van der Waals surface area contributed by atoms with Crippen LogP contribution in [-0.2, 0) is 13.6 Å². The fourth-order valence-corrected chi connectivity index (χ4v) is 3.34. The Kier molecular flexibility index (Phi) is 3.98. The summed E-state index contributed by atoms with van der Waals surface area (Å²) >= 11 is 1.52. The molecule has 3 rings (SSSR count). The predicted molar refractivity (Wildman–Crippen MR) is 87.2 cm³/mol. The van der Waals surface area contributed by atoms with Gasteiger partial charge in [-0.05, 0) is 32.4 Å². The Morgan fingerprint density at radius 1 is 1.36 bits per heavy atom. The van der Waals surface area contributed by atoms with Crippen molar-refractivity contribution in [2.24, 2.45) is 7.05 Å². The molecule has 3 aromatic heterocycles. The first-order valence-corrected chi connectivity index (χ1v) is 8.07. The smallest absolute Gasteiger partial charge is 0.261 e. The van der Waals surface area contributed by atoms with Crippen LogP contribution in [0.3, 0.4) is 0 Å². The second-order valence-electron chi connectivity index (χ2n) is 5.33. The number of rotatable bonds is 5. The number of carbonyl (C=O) groups excluding carboxylic acids is 1. The summed E-state index contributed by atoms with van der Waals surface area (Å²) in [5.41, 5.74) is 3.09. The number of thiophene rings is 1. The second-order valence-corrected chi connectivity index (χ2v) is 6.62. The molecule has 1 N–H and O–H groups in total. The van der Waals surface area contributed by atoms with Crippen molar-refractivity contribution in [3.8, 4) is 0 Å². The number of fused-ring (bicyclic) bond motifs is 1. The first-order valence-electron chi connectivity index (χ1n) is 7.26. The van der Waals surface area contributed by atoms with Crippen molar-refractivity contribution in [2.45, 2.75) is 26.8 Å². The maximum absolute atomic E-state index is 12.0. The Labute approximate surface area is 132 Å². The van der Waals surface area contributed by atoms with E-state index in [1.165, 1.54) is 11.3 Å². The highest BCUT2D eigenvalue weighted by atomic mass is 32.1. The van der Waals surface area contributed by atoms with E-state index in [0.29, 0.717) is 6.54 Å². The molecule has 6 nitrogen and oxygen atoms in total. The van der Waals surface area contributed by atoms with Gasteiger partial charge in [-0.1, -0.05) is 0 Å². The average Bonchev–Trinajstić information content (AvgIpc) is 3.15. The second kappa shape index (κ2) is 5.92. The molecule has 3 aromatic rings. The van der Waals surface area contributed by atoms with Crippen molar-refractivity contribution in [2.75, 3.05) is 6.54 Å². The van der Waals surface area contributed by atoms with Crippen molar-refractivity contribution in [3.05, 3.63) is 33.8 Å². The monoisotopic (exact) mass is 317 g/mol. The summed E-state index contributed by atoms with van der Waals surface area (Å²) in [7, 11) is 1.92. The van der Waals surface area contributed by atoms with Gasteiger partial charge in [0.25, 0.3) is 5.91 Å². The molecule has 0 aliphatic heterocycles. The molecular formula is C15H19N5OS. The van der Waals surface area contributed by atoms with Gasteiger partial charge in [0.15, 0.2) is 0 Å². The van der Waals surface area contributed by atoms with E-state index in [9.17, 15) is 4.79 Å².